The smallest absolute Gasteiger partial charge is 0.0406 e. The van der Waals surface area contributed by atoms with E-state index in [4.69, 9.17) is 0 Å². The topological polar surface area (TPSA) is 0 Å². The molecule has 148 valence electrons. The Hall–Kier alpha value is -4.34. The minimum Gasteiger partial charge on any atom is -0.0622 e. The Balaban J connectivity index is 1.69. The molecule has 6 rings (SSSR count). The number of fused-ring (bicyclic) bond motifs is 3. The van der Waals surface area contributed by atoms with Crippen molar-refractivity contribution in [2.24, 2.45) is 0 Å². The van der Waals surface area contributed by atoms with Gasteiger partial charge >= 0.3 is 0 Å². The maximum absolute atomic E-state index is 3.51. The van der Waals surface area contributed by atoms with Gasteiger partial charge in [-0.1, -0.05) is 115 Å². The van der Waals surface area contributed by atoms with Gasteiger partial charge in [0.25, 0.3) is 0 Å². The van der Waals surface area contributed by atoms with Crippen LogP contribution < -0.4 is 0 Å². The second-order valence-electron chi connectivity index (χ2n) is 8.02. The molecule has 0 saturated heterocycles. The van der Waals surface area contributed by atoms with Crippen molar-refractivity contribution < 1.29 is 0 Å². The van der Waals surface area contributed by atoms with Crippen LogP contribution in [0, 0.1) is 11.8 Å². The van der Waals surface area contributed by atoms with Gasteiger partial charge in [-0.05, 0) is 61.6 Å². The first-order valence-corrected chi connectivity index (χ1v) is 10.9. The summed E-state index contributed by atoms with van der Waals surface area (Å²) in [6.45, 7) is 0. The lowest BCUT2D eigenvalue weighted by atomic mass is 9.88. The van der Waals surface area contributed by atoms with Crippen molar-refractivity contribution in [1.82, 2.24) is 0 Å². The molecule has 0 amide bonds. The van der Waals surface area contributed by atoms with Crippen LogP contribution in [-0.4, -0.2) is 0 Å². The van der Waals surface area contributed by atoms with E-state index in [0.29, 0.717) is 0 Å². The second-order valence-corrected chi connectivity index (χ2v) is 8.02. The molecule has 0 spiro atoms. The highest BCUT2D eigenvalue weighted by Crippen LogP contribution is 2.39. The van der Waals surface area contributed by atoms with Crippen LogP contribution in [0.1, 0.15) is 11.1 Å². The van der Waals surface area contributed by atoms with E-state index < -0.39 is 0 Å². The second kappa shape index (κ2) is 7.73. The summed E-state index contributed by atoms with van der Waals surface area (Å²) >= 11 is 0. The fourth-order valence-corrected chi connectivity index (χ4v) is 4.58. The average molecular weight is 405 g/mol. The summed E-state index contributed by atoms with van der Waals surface area (Å²) in [5.74, 6) is 6.88. The van der Waals surface area contributed by atoms with Crippen LogP contribution in [0.25, 0.3) is 43.4 Å². The molecule has 0 bridgehead atoms. The molecule has 32 heavy (non-hydrogen) atoms. The van der Waals surface area contributed by atoms with Gasteiger partial charge < -0.3 is 0 Å². The quantitative estimate of drug-likeness (QED) is 0.191. The van der Waals surface area contributed by atoms with E-state index in [1.807, 2.05) is 18.2 Å². The third-order valence-electron chi connectivity index (χ3n) is 6.08. The molecule has 0 N–H and O–H groups in total. The molecule has 0 saturated carbocycles. The summed E-state index contributed by atoms with van der Waals surface area (Å²) in [6.07, 6.45) is 0. The Bertz CT molecular complexity index is 1600. The molecule has 0 unspecified atom stereocenters. The van der Waals surface area contributed by atoms with Crippen molar-refractivity contribution >= 4 is 32.3 Å². The maximum Gasteiger partial charge on any atom is 0.0406 e. The normalized spacial score (nSPS) is 10.9. The van der Waals surface area contributed by atoms with Crippen LogP contribution in [0.4, 0.5) is 0 Å². The molecular weight excluding hydrogens is 384 g/mol. The predicted octanol–water partition coefficient (Wildman–Crippen LogP) is 8.21. The molecule has 0 aliphatic carbocycles. The van der Waals surface area contributed by atoms with Gasteiger partial charge in [0.15, 0.2) is 0 Å². The molecule has 0 heterocycles. The maximum atomic E-state index is 3.51. The fourth-order valence-electron chi connectivity index (χ4n) is 4.58. The van der Waals surface area contributed by atoms with Crippen molar-refractivity contribution in [3.8, 4) is 23.0 Å². The monoisotopic (exact) mass is 404 g/mol. The van der Waals surface area contributed by atoms with Crippen molar-refractivity contribution in [2.75, 3.05) is 0 Å². The molecule has 0 aromatic heterocycles. The molecular formula is C32H20. The van der Waals surface area contributed by atoms with Gasteiger partial charge in [0.05, 0.1) is 0 Å². The summed E-state index contributed by atoms with van der Waals surface area (Å²) in [4.78, 5) is 0. The van der Waals surface area contributed by atoms with Crippen molar-refractivity contribution in [3.63, 3.8) is 0 Å². The molecule has 6 aromatic carbocycles. The van der Waals surface area contributed by atoms with Crippen LogP contribution in [-0.2, 0) is 0 Å². The number of hydrogen-bond donors (Lipinski definition) is 0. The van der Waals surface area contributed by atoms with Crippen molar-refractivity contribution in [2.45, 2.75) is 0 Å². The van der Waals surface area contributed by atoms with Gasteiger partial charge in [-0.3, -0.25) is 0 Å². The van der Waals surface area contributed by atoms with E-state index in [0.717, 1.165) is 11.1 Å². The Kier molecular flexibility index (Phi) is 4.45. The number of rotatable bonds is 1. The SMILES string of the molecule is C(#Cc1c2ccccc2c(-c2ccc3ccccc3c2)c2ccccc12)c1ccccc1. The number of benzene rings is 6. The standard InChI is InChI=1S/C32H20/c1-2-10-23(11-3-1)18-21-29-27-14-6-8-16-30(27)32(31-17-9-7-15-28(29)31)26-20-19-24-12-4-5-13-25(24)22-26/h1-17,19-20,22H. The van der Waals surface area contributed by atoms with E-state index >= 15 is 0 Å². The van der Waals surface area contributed by atoms with Gasteiger partial charge in [-0.2, -0.15) is 0 Å². The van der Waals surface area contributed by atoms with Gasteiger partial charge in [0.2, 0.25) is 0 Å². The zero-order valence-corrected chi connectivity index (χ0v) is 17.5. The molecule has 0 atom stereocenters. The molecule has 0 fully saturated rings. The summed E-state index contributed by atoms with van der Waals surface area (Å²) < 4.78 is 0. The Morgan fingerprint density at radius 2 is 0.969 bits per heavy atom. The Morgan fingerprint density at radius 1 is 0.406 bits per heavy atom. The molecule has 0 aliphatic heterocycles. The van der Waals surface area contributed by atoms with E-state index in [1.54, 1.807) is 0 Å². The van der Waals surface area contributed by atoms with Crippen LogP contribution in [0.5, 0.6) is 0 Å². The largest absolute Gasteiger partial charge is 0.0622 e. The highest BCUT2D eigenvalue weighted by atomic mass is 14.2. The van der Waals surface area contributed by atoms with E-state index in [2.05, 4.69) is 115 Å². The van der Waals surface area contributed by atoms with E-state index in [-0.39, 0.29) is 0 Å². The van der Waals surface area contributed by atoms with E-state index in [1.165, 1.54) is 43.4 Å². The Labute approximate surface area is 187 Å². The molecule has 0 heteroatoms. The first kappa shape index (κ1) is 18.4. The van der Waals surface area contributed by atoms with E-state index in [9.17, 15) is 0 Å². The van der Waals surface area contributed by atoms with Crippen LogP contribution in [0.3, 0.4) is 0 Å². The summed E-state index contributed by atoms with van der Waals surface area (Å²) in [5.41, 5.74) is 4.62. The third-order valence-corrected chi connectivity index (χ3v) is 6.08. The van der Waals surface area contributed by atoms with Gasteiger partial charge in [-0.25, -0.2) is 0 Å². The average Bonchev–Trinajstić information content (AvgIpc) is 2.87. The van der Waals surface area contributed by atoms with Crippen LogP contribution in [0.15, 0.2) is 121 Å². The fraction of sp³-hybridized carbons (Fsp3) is 0. The van der Waals surface area contributed by atoms with Crippen LogP contribution in [0.2, 0.25) is 0 Å². The molecule has 6 aromatic rings. The van der Waals surface area contributed by atoms with Gasteiger partial charge in [-0.15, -0.1) is 0 Å². The predicted molar refractivity (Wildman–Crippen MR) is 137 cm³/mol. The number of hydrogen-bond acceptors (Lipinski definition) is 0. The summed E-state index contributed by atoms with van der Waals surface area (Å²) in [6, 6.07) is 42.8. The first-order valence-electron chi connectivity index (χ1n) is 10.9. The highest BCUT2D eigenvalue weighted by Gasteiger charge is 2.14. The zero-order valence-electron chi connectivity index (χ0n) is 17.5. The van der Waals surface area contributed by atoms with Gasteiger partial charge in [0.1, 0.15) is 0 Å². The minimum absolute atomic E-state index is 1.03. The molecule has 0 radical (unpaired) electrons. The zero-order chi connectivity index (χ0) is 21.3. The summed E-state index contributed by atoms with van der Waals surface area (Å²) in [5, 5.41) is 7.37. The van der Waals surface area contributed by atoms with Gasteiger partial charge in [0, 0.05) is 11.1 Å². The molecule has 0 nitrogen and oxygen atoms in total. The van der Waals surface area contributed by atoms with Crippen LogP contribution >= 0.6 is 0 Å². The highest BCUT2D eigenvalue weighted by molar-refractivity contribution is 6.16. The lowest BCUT2D eigenvalue weighted by Crippen LogP contribution is -1.90. The minimum atomic E-state index is 1.03. The lowest BCUT2D eigenvalue weighted by Gasteiger charge is -2.15. The van der Waals surface area contributed by atoms with Crippen molar-refractivity contribution in [1.29, 1.82) is 0 Å². The molecule has 0 aliphatic rings. The summed E-state index contributed by atoms with van der Waals surface area (Å²) in [7, 11) is 0. The first-order chi connectivity index (χ1) is 15.9. The third kappa shape index (κ3) is 3.13. The lowest BCUT2D eigenvalue weighted by molar-refractivity contribution is 1.64. The van der Waals surface area contributed by atoms with Crippen molar-refractivity contribution in [3.05, 3.63) is 132 Å². The Morgan fingerprint density at radius 3 is 1.66 bits per heavy atom.